The highest BCUT2D eigenvalue weighted by atomic mass is 32.2. The lowest BCUT2D eigenvalue weighted by atomic mass is 10.5. The highest BCUT2D eigenvalue weighted by Crippen LogP contribution is 2.33. The first kappa shape index (κ1) is 6.78. The molecule has 0 bridgehead atoms. The van der Waals surface area contributed by atoms with E-state index in [9.17, 15) is 0 Å². The Morgan fingerprint density at radius 2 is 2.00 bits per heavy atom. The minimum absolute atomic E-state index is 0.352. The molecule has 1 aliphatic heterocycles. The zero-order chi connectivity index (χ0) is 5.82. The normalized spacial score (nSPS) is 22.1. The average Bonchev–Trinajstić information content (AvgIpc) is 2.19. The molecule has 1 nitrogen and oxygen atoms in total. The van der Waals surface area contributed by atoms with Crippen molar-refractivity contribution in [3.05, 3.63) is 0 Å². The van der Waals surface area contributed by atoms with Crippen molar-refractivity contribution in [2.45, 2.75) is 11.0 Å². The SMILES string of the molecule is OCCC1SCCS1. The summed E-state index contributed by atoms with van der Waals surface area (Å²) in [6, 6.07) is 0. The van der Waals surface area contributed by atoms with Gasteiger partial charge in [-0.05, 0) is 6.42 Å². The molecular formula is C5H10OS2. The maximum atomic E-state index is 8.50. The molecule has 1 saturated heterocycles. The second-order valence-electron chi connectivity index (χ2n) is 1.68. The summed E-state index contributed by atoms with van der Waals surface area (Å²) in [7, 11) is 0. The van der Waals surface area contributed by atoms with Crippen molar-refractivity contribution in [2.75, 3.05) is 18.1 Å². The Labute approximate surface area is 58.2 Å². The molecule has 0 spiro atoms. The number of aliphatic hydroxyl groups is 1. The van der Waals surface area contributed by atoms with Gasteiger partial charge in [-0.15, -0.1) is 23.5 Å². The van der Waals surface area contributed by atoms with Crippen LogP contribution in [0.15, 0.2) is 0 Å². The molecule has 1 heterocycles. The summed E-state index contributed by atoms with van der Waals surface area (Å²) in [4.78, 5) is 0. The first-order chi connectivity index (χ1) is 3.93. The van der Waals surface area contributed by atoms with E-state index in [1.54, 1.807) is 0 Å². The van der Waals surface area contributed by atoms with E-state index in [0.717, 1.165) is 6.42 Å². The van der Waals surface area contributed by atoms with Gasteiger partial charge in [0.2, 0.25) is 0 Å². The van der Waals surface area contributed by atoms with Crippen LogP contribution in [0.2, 0.25) is 0 Å². The molecule has 0 unspecified atom stereocenters. The van der Waals surface area contributed by atoms with Gasteiger partial charge in [0.1, 0.15) is 0 Å². The predicted molar refractivity (Wildman–Crippen MR) is 40.4 cm³/mol. The molecule has 8 heavy (non-hydrogen) atoms. The summed E-state index contributed by atoms with van der Waals surface area (Å²) in [5.41, 5.74) is 0. The fourth-order valence-electron chi connectivity index (χ4n) is 0.679. The van der Waals surface area contributed by atoms with E-state index in [2.05, 4.69) is 0 Å². The number of hydrogen-bond acceptors (Lipinski definition) is 3. The van der Waals surface area contributed by atoms with Gasteiger partial charge in [0, 0.05) is 18.1 Å². The van der Waals surface area contributed by atoms with E-state index in [1.807, 2.05) is 23.5 Å². The summed E-state index contributed by atoms with van der Waals surface area (Å²) < 4.78 is 0.694. The van der Waals surface area contributed by atoms with Crippen LogP contribution in [-0.4, -0.2) is 27.8 Å². The van der Waals surface area contributed by atoms with Crippen LogP contribution in [0.1, 0.15) is 6.42 Å². The molecule has 1 fully saturated rings. The standard InChI is InChI=1S/C5H10OS2/c6-2-1-5-7-3-4-8-5/h5-6H,1-4H2. The molecule has 0 amide bonds. The summed E-state index contributed by atoms with van der Waals surface area (Å²) in [5.74, 6) is 2.55. The van der Waals surface area contributed by atoms with Crippen LogP contribution in [0.4, 0.5) is 0 Å². The Hall–Kier alpha value is 0.660. The van der Waals surface area contributed by atoms with Crippen molar-refractivity contribution < 1.29 is 5.11 Å². The van der Waals surface area contributed by atoms with Crippen molar-refractivity contribution in [3.8, 4) is 0 Å². The summed E-state index contributed by atoms with van der Waals surface area (Å²) in [6.07, 6.45) is 0.968. The molecule has 0 aromatic heterocycles. The smallest absolute Gasteiger partial charge is 0.0524 e. The molecule has 0 saturated carbocycles. The van der Waals surface area contributed by atoms with Crippen molar-refractivity contribution >= 4 is 23.5 Å². The van der Waals surface area contributed by atoms with Crippen molar-refractivity contribution in [1.29, 1.82) is 0 Å². The Morgan fingerprint density at radius 1 is 1.38 bits per heavy atom. The van der Waals surface area contributed by atoms with Crippen LogP contribution in [0.5, 0.6) is 0 Å². The third-order valence-electron chi connectivity index (χ3n) is 1.06. The van der Waals surface area contributed by atoms with Crippen LogP contribution >= 0.6 is 23.5 Å². The lowest BCUT2D eigenvalue weighted by Gasteiger charge is -2.01. The molecule has 0 aliphatic carbocycles. The van der Waals surface area contributed by atoms with Crippen LogP contribution in [-0.2, 0) is 0 Å². The van der Waals surface area contributed by atoms with Crippen molar-refractivity contribution in [3.63, 3.8) is 0 Å². The van der Waals surface area contributed by atoms with Gasteiger partial charge in [-0.25, -0.2) is 0 Å². The van der Waals surface area contributed by atoms with Gasteiger partial charge in [-0.2, -0.15) is 0 Å². The maximum Gasteiger partial charge on any atom is 0.0524 e. The Kier molecular flexibility index (Phi) is 3.08. The monoisotopic (exact) mass is 150 g/mol. The van der Waals surface area contributed by atoms with Gasteiger partial charge in [0.25, 0.3) is 0 Å². The van der Waals surface area contributed by atoms with E-state index in [0.29, 0.717) is 11.2 Å². The molecule has 48 valence electrons. The lowest BCUT2D eigenvalue weighted by molar-refractivity contribution is 0.294. The highest BCUT2D eigenvalue weighted by molar-refractivity contribution is 8.20. The number of rotatable bonds is 2. The number of aliphatic hydroxyl groups excluding tert-OH is 1. The van der Waals surface area contributed by atoms with E-state index in [-0.39, 0.29) is 0 Å². The minimum Gasteiger partial charge on any atom is -0.396 e. The van der Waals surface area contributed by atoms with E-state index in [4.69, 9.17) is 5.11 Å². The zero-order valence-electron chi connectivity index (χ0n) is 4.67. The lowest BCUT2D eigenvalue weighted by Crippen LogP contribution is -1.94. The average molecular weight is 150 g/mol. The predicted octanol–water partition coefficient (Wildman–Crippen LogP) is 1.17. The molecule has 0 atom stereocenters. The quantitative estimate of drug-likeness (QED) is 0.638. The molecule has 1 rings (SSSR count). The van der Waals surface area contributed by atoms with Gasteiger partial charge in [0.15, 0.2) is 0 Å². The maximum absolute atomic E-state index is 8.50. The molecule has 1 N–H and O–H groups in total. The summed E-state index contributed by atoms with van der Waals surface area (Å²) >= 11 is 3.94. The van der Waals surface area contributed by atoms with Crippen LogP contribution in [0, 0.1) is 0 Å². The second-order valence-corrected chi connectivity index (χ2v) is 4.60. The van der Waals surface area contributed by atoms with E-state index < -0.39 is 0 Å². The third kappa shape index (κ3) is 1.88. The van der Waals surface area contributed by atoms with E-state index >= 15 is 0 Å². The fraction of sp³-hybridized carbons (Fsp3) is 1.00. The highest BCUT2D eigenvalue weighted by Gasteiger charge is 2.14. The van der Waals surface area contributed by atoms with Crippen LogP contribution in [0.25, 0.3) is 0 Å². The molecule has 3 heteroatoms. The second kappa shape index (κ2) is 3.64. The summed E-state index contributed by atoms with van der Waals surface area (Å²) in [5, 5.41) is 8.50. The Morgan fingerprint density at radius 3 is 2.50 bits per heavy atom. The Balaban J connectivity index is 2.06. The largest absolute Gasteiger partial charge is 0.396 e. The molecule has 0 aromatic rings. The first-order valence-electron chi connectivity index (χ1n) is 2.77. The van der Waals surface area contributed by atoms with Crippen LogP contribution in [0.3, 0.4) is 0 Å². The van der Waals surface area contributed by atoms with Gasteiger partial charge < -0.3 is 5.11 Å². The van der Waals surface area contributed by atoms with Gasteiger partial charge in [-0.3, -0.25) is 0 Å². The fourth-order valence-corrected chi connectivity index (χ4v) is 3.48. The first-order valence-corrected chi connectivity index (χ1v) is 4.87. The molecule has 0 radical (unpaired) electrons. The third-order valence-corrected chi connectivity index (χ3v) is 4.23. The minimum atomic E-state index is 0.352. The van der Waals surface area contributed by atoms with Crippen molar-refractivity contribution in [2.24, 2.45) is 0 Å². The molecule has 1 aliphatic rings. The molecular weight excluding hydrogens is 140 g/mol. The summed E-state index contributed by atoms with van der Waals surface area (Å²) in [6.45, 7) is 0.352. The molecule has 0 aromatic carbocycles. The van der Waals surface area contributed by atoms with Gasteiger partial charge >= 0.3 is 0 Å². The zero-order valence-corrected chi connectivity index (χ0v) is 6.30. The number of hydrogen-bond donors (Lipinski definition) is 1. The van der Waals surface area contributed by atoms with Gasteiger partial charge in [0.05, 0.1) is 4.58 Å². The van der Waals surface area contributed by atoms with Gasteiger partial charge in [-0.1, -0.05) is 0 Å². The number of thioether (sulfide) groups is 2. The van der Waals surface area contributed by atoms with E-state index in [1.165, 1.54) is 11.5 Å². The van der Waals surface area contributed by atoms with Crippen molar-refractivity contribution in [1.82, 2.24) is 0 Å². The Bertz CT molecular complexity index is 61.4. The van der Waals surface area contributed by atoms with Crippen LogP contribution < -0.4 is 0 Å². The topological polar surface area (TPSA) is 20.2 Å².